The van der Waals surface area contributed by atoms with Gasteiger partial charge >= 0.3 is 11.8 Å². The van der Waals surface area contributed by atoms with Gasteiger partial charge in [-0.3, -0.25) is 14.4 Å². The lowest BCUT2D eigenvalue weighted by Crippen LogP contribution is -2.54. The van der Waals surface area contributed by atoms with Gasteiger partial charge in [-0.2, -0.15) is 4.31 Å². The Morgan fingerprint density at radius 3 is 1.85 bits per heavy atom. The smallest absolute Gasteiger partial charge is 0.312 e. The van der Waals surface area contributed by atoms with Gasteiger partial charge in [0.05, 0.1) is 18.1 Å². The molecule has 4 rings (SSSR count). The van der Waals surface area contributed by atoms with Crippen molar-refractivity contribution >= 4 is 27.7 Å². The normalized spacial score (nSPS) is 19.9. The molecule has 3 amide bonds. The SMILES string of the molecule is O=C(CCc1ccc(S(=O)(=O)N2CCOCC2)cc1)N1CCN(C(=O)C(=O)N2CCCC2)CC1. The van der Waals surface area contributed by atoms with E-state index in [4.69, 9.17) is 4.74 Å². The van der Waals surface area contributed by atoms with Gasteiger partial charge < -0.3 is 19.4 Å². The quantitative estimate of drug-likeness (QED) is 0.533. The molecule has 3 aliphatic rings. The summed E-state index contributed by atoms with van der Waals surface area (Å²) in [6, 6.07) is 6.68. The fourth-order valence-electron chi connectivity index (χ4n) is 4.52. The first-order chi connectivity index (χ1) is 16.4. The van der Waals surface area contributed by atoms with Crippen molar-refractivity contribution in [1.82, 2.24) is 19.0 Å². The third-order valence-corrected chi connectivity index (χ3v) is 8.57. The Labute approximate surface area is 200 Å². The number of ether oxygens (including phenoxy) is 1. The average Bonchev–Trinajstić information content (AvgIpc) is 3.42. The van der Waals surface area contributed by atoms with Gasteiger partial charge in [-0.25, -0.2) is 8.42 Å². The molecule has 11 heteroatoms. The Morgan fingerprint density at radius 1 is 0.735 bits per heavy atom. The van der Waals surface area contributed by atoms with Crippen LogP contribution in [0.25, 0.3) is 0 Å². The van der Waals surface area contributed by atoms with E-state index in [1.165, 1.54) is 9.21 Å². The number of benzene rings is 1. The average molecular weight is 493 g/mol. The second kappa shape index (κ2) is 10.8. The summed E-state index contributed by atoms with van der Waals surface area (Å²) in [7, 11) is -3.53. The number of amides is 3. The summed E-state index contributed by atoms with van der Waals surface area (Å²) in [5, 5.41) is 0. The molecule has 0 aromatic heterocycles. The molecule has 3 fully saturated rings. The molecular weight excluding hydrogens is 460 g/mol. The Balaban J connectivity index is 1.23. The van der Waals surface area contributed by atoms with Gasteiger partial charge in [0.1, 0.15) is 0 Å². The van der Waals surface area contributed by atoms with Crippen LogP contribution in [0.5, 0.6) is 0 Å². The van der Waals surface area contributed by atoms with Gasteiger partial charge in [-0.05, 0) is 37.0 Å². The molecule has 0 atom stereocenters. The first kappa shape index (κ1) is 24.6. The molecule has 186 valence electrons. The monoisotopic (exact) mass is 492 g/mol. The van der Waals surface area contributed by atoms with Crippen molar-refractivity contribution in [2.24, 2.45) is 0 Å². The molecule has 3 heterocycles. The zero-order chi connectivity index (χ0) is 24.1. The van der Waals surface area contributed by atoms with Crippen molar-refractivity contribution in [2.75, 3.05) is 65.6 Å². The van der Waals surface area contributed by atoms with E-state index < -0.39 is 21.8 Å². The summed E-state index contributed by atoms with van der Waals surface area (Å²) >= 11 is 0. The maximum absolute atomic E-state index is 12.7. The van der Waals surface area contributed by atoms with Gasteiger partial charge in [0.25, 0.3) is 0 Å². The maximum atomic E-state index is 12.7. The van der Waals surface area contributed by atoms with Gasteiger partial charge in [-0.1, -0.05) is 12.1 Å². The number of carbonyl (C=O) groups excluding carboxylic acids is 3. The molecule has 0 saturated carbocycles. The van der Waals surface area contributed by atoms with E-state index in [2.05, 4.69) is 0 Å². The molecule has 3 aliphatic heterocycles. The van der Waals surface area contributed by atoms with Crippen LogP contribution in [0.2, 0.25) is 0 Å². The number of piperazine rings is 1. The third kappa shape index (κ3) is 5.59. The third-order valence-electron chi connectivity index (χ3n) is 6.65. The van der Waals surface area contributed by atoms with Crippen LogP contribution in [0, 0.1) is 0 Å². The van der Waals surface area contributed by atoms with Crippen LogP contribution in [0.4, 0.5) is 0 Å². The highest BCUT2D eigenvalue weighted by Gasteiger charge is 2.31. The minimum absolute atomic E-state index is 0.0111. The van der Waals surface area contributed by atoms with Crippen LogP contribution in [-0.2, 0) is 35.6 Å². The summed E-state index contributed by atoms with van der Waals surface area (Å²) in [4.78, 5) is 42.5. The molecule has 3 saturated heterocycles. The molecule has 1 aromatic rings. The van der Waals surface area contributed by atoms with Crippen molar-refractivity contribution in [2.45, 2.75) is 30.6 Å². The molecule has 10 nitrogen and oxygen atoms in total. The minimum atomic E-state index is -3.53. The summed E-state index contributed by atoms with van der Waals surface area (Å²) in [6.07, 6.45) is 2.68. The van der Waals surface area contributed by atoms with E-state index in [0.29, 0.717) is 78.4 Å². The lowest BCUT2D eigenvalue weighted by atomic mass is 10.1. The molecule has 0 unspecified atom stereocenters. The van der Waals surface area contributed by atoms with Gasteiger partial charge in [0.15, 0.2) is 0 Å². The van der Waals surface area contributed by atoms with Crippen LogP contribution in [0.3, 0.4) is 0 Å². The summed E-state index contributed by atoms with van der Waals surface area (Å²) in [6.45, 7) is 4.33. The van der Waals surface area contributed by atoms with E-state index in [0.717, 1.165) is 18.4 Å². The molecule has 1 aromatic carbocycles. The van der Waals surface area contributed by atoms with E-state index >= 15 is 0 Å². The highest BCUT2D eigenvalue weighted by atomic mass is 32.2. The number of sulfonamides is 1. The number of hydrogen-bond donors (Lipinski definition) is 0. The fourth-order valence-corrected chi connectivity index (χ4v) is 5.93. The van der Waals surface area contributed by atoms with Gasteiger partial charge in [-0.15, -0.1) is 0 Å². The minimum Gasteiger partial charge on any atom is -0.379 e. The Morgan fingerprint density at radius 2 is 1.26 bits per heavy atom. The van der Waals surface area contributed by atoms with E-state index in [-0.39, 0.29) is 10.8 Å². The molecular formula is C23H32N4O6S. The van der Waals surface area contributed by atoms with Crippen molar-refractivity contribution in [3.8, 4) is 0 Å². The first-order valence-electron chi connectivity index (χ1n) is 11.9. The van der Waals surface area contributed by atoms with E-state index in [1.54, 1.807) is 34.1 Å². The molecule has 0 radical (unpaired) electrons. The molecule has 34 heavy (non-hydrogen) atoms. The number of aryl methyl sites for hydroxylation is 1. The van der Waals surface area contributed by atoms with Crippen LogP contribution < -0.4 is 0 Å². The molecule has 0 spiro atoms. The van der Waals surface area contributed by atoms with Gasteiger partial charge in [0, 0.05) is 58.8 Å². The van der Waals surface area contributed by atoms with Gasteiger partial charge in [0.2, 0.25) is 15.9 Å². The highest BCUT2D eigenvalue weighted by Crippen LogP contribution is 2.19. The van der Waals surface area contributed by atoms with Crippen molar-refractivity contribution in [3.05, 3.63) is 29.8 Å². The predicted octanol–water partition coefficient (Wildman–Crippen LogP) is -0.0667. The van der Waals surface area contributed by atoms with Crippen molar-refractivity contribution in [1.29, 1.82) is 0 Å². The van der Waals surface area contributed by atoms with Crippen LogP contribution >= 0.6 is 0 Å². The summed E-state index contributed by atoms with van der Waals surface area (Å²) in [5.41, 5.74) is 0.888. The summed E-state index contributed by atoms with van der Waals surface area (Å²) in [5.74, 6) is -0.916. The maximum Gasteiger partial charge on any atom is 0.312 e. The first-order valence-corrected chi connectivity index (χ1v) is 13.3. The summed E-state index contributed by atoms with van der Waals surface area (Å²) < 4.78 is 32.1. The topological polar surface area (TPSA) is 108 Å². The number of hydrogen-bond acceptors (Lipinski definition) is 6. The number of rotatable bonds is 5. The lowest BCUT2D eigenvalue weighted by molar-refractivity contribution is -0.153. The van der Waals surface area contributed by atoms with Crippen LogP contribution in [0.15, 0.2) is 29.2 Å². The largest absolute Gasteiger partial charge is 0.379 e. The van der Waals surface area contributed by atoms with Crippen molar-refractivity contribution in [3.63, 3.8) is 0 Å². The zero-order valence-electron chi connectivity index (χ0n) is 19.4. The molecule has 0 N–H and O–H groups in total. The molecule has 0 bridgehead atoms. The van der Waals surface area contributed by atoms with E-state index in [1.807, 2.05) is 0 Å². The zero-order valence-corrected chi connectivity index (χ0v) is 20.2. The second-order valence-corrected chi connectivity index (χ2v) is 10.8. The second-order valence-electron chi connectivity index (χ2n) is 8.83. The standard InChI is InChI=1S/C23H32N4O6S/c28-21(24-11-13-26(14-12-24)23(30)22(29)25-9-1-2-10-25)8-5-19-3-6-20(7-4-19)34(31,32)27-15-17-33-18-16-27/h3-4,6-7H,1-2,5,8-18H2. The number of likely N-dealkylation sites (tertiary alicyclic amines) is 1. The number of nitrogens with zero attached hydrogens (tertiary/aromatic N) is 4. The van der Waals surface area contributed by atoms with Crippen LogP contribution in [-0.4, -0.2) is 111 Å². The fraction of sp³-hybridized carbons (Fsp3) is 0.609. The Hall–Kier alpha value is -2.50. The van der Waals surface area contributed by atoms with Crippen molar-refractivity contribution < 1.29 is 27.5 Å². The Kier molecular flexibility index (Phi) is 7.84. The van der Waals surface area contributed by atoms with E-state index in [9.17, 15) is 22.8 Å². The molecule has 0 aliphatic carbocycles. The number of carbonyl (C=O) groups is 3. The predicted molar refractivity (Wildman–Crippen MR) is 123 cm³/mol. The number of morpholine rings is 1. The Bertz CT molecular complexity index is 993. The van der Waals surface area contributed by atoms with Crippen LogP contribution in [0.1, 0.15) is 24.8 Å². The highest BCUT2D eigenvalue weighted by molar-refractivity contribution is 7.89. The lowest BCUT2D eigenvalue weighted by Gasteiger charge is -2.35.